The number of aromatic nitrogens is 1. The Morgan fingerprint density at radius 3 is 3.06 bits per heavy atom. The van der Waals surface area contributed by atoms with Crippen LogP contribution in [0, 0.1) is 5.92 Å². The first kappa shape index (κ1) is 12.4. The lowest BCUT2D eigenvalue weighted by Gasteiger charge is -2.40. The standard InChI is InChI=1S/C14H22N2O/c1-2-12-5-3-4-7-14(12,17)9-11-10-16-8-6-13(11)15/h6,8,10,12,17H,2-5,7,9H2,1H3,(H2,15,16). The van der Waals surface area contributed by atoms with Crippen LogP contribution in [0.1, 0.15) is 44.6 Å². The third kappa shape index (κ3) is 2.60. The van der Waals surface area contributed by atoms with Crippen LogP contribution in [0.2, 0.25) is 0 Å². The van der Waals surface area contributed by atoms with E-state index in [-0.39, 0.29) is 0 Å². The van der Waals surface area contributed by atoms with Gasteiger partial charge in [-0.25, -0.2) is 0 Å². The van der Waals surface area contributed by atoms with Crippen molar-refractivity contribution < 1.29 is 5.11 Å². The van der Waals surface area contributed by atoms with Gasteiger partial charge in [0, 0.05) is 24.5 Å². The van der Waals surface area contributed by atoms with Gasteiger partial charge in [-0.15, -0.1) is 0 Å². The summed E-state index contributed by atoms with van der Waals surface area (Å²) in [6, 6.07) is 1.81. The molecule has 0 bridgehead atoms. The van der Waals surface area contributed by atoms with Crippen molar-refractivity contribution >= 4 is 5.69 Å². The molecule has 94 valence electrons. The third-order valence-corrected chi connectivity index (χ3v) is 4.10. The van der Waals surface area contributed by atoms with E-state index in [4.69, 9.17) is 5.73 Å². The molecular formula is C14H22N2O. The maximum Gasteiger partial charge on any atom is 0.0717 e. The minimum atomic E-state index is -0.579. The van der Waals surface area contributed by atoms with Crippen LogP contribution < -0.4 is 5.73 Å². The van der Waals surface area contributed by atoms with Crippen molar-refractivity contribution in [3.63, 3.8) is 0 Å². The van der Waals surface area contributed by atoms with E-state index in [2.05, 4.69) is 11.9 Å². The molecule has 1 saturated carbocycles. The van der Waals surface area contributed by atoms with Gasteiger partial charge in [-0.2, -0.15) is 0 Å². The summed E-state index contributed by atoms with van der Waals surface area (Å²) in [4.78, 5) is 4.10. The Labute approximate surface area is 103 Å². The van der Waals surface area contributed by atoms with Gasteiger partial charge in [0.05, 0.1) is 5.60 Å². The van der Waals surface area contributed by atoms with Gasteiger partial charge in [-0.1, -0.05) is 26.2 Å². The fourth-order valence-corrected chi connectivity index (χ4v) is 3.03. The summed E-state index contributed by atoms with van der Waals surface area (Å²) in [7, 11) is 0. The molecule has 1 aromatic heterocycles. The summed E-state index contributed by atoms with van der Waals surface area (Å²) < 4.78 is 0. The largest absolute Gasteiger partial charge is 0.398 e. The predicted molar refractivity (Wildman–Crippen MR) is 69.6 cm³/mol. The van der Waals surface area contributed by atoms with Crippen molar-refractivity contribution in [2.45, 2.75) is 51.0 Å². The maximum atomic E-state index is 10.8. The molecular weight excluding hydrogens is 212 g/mol. The topological polar surface area (TPSA) is 59.1 Å². The van der Waals surface area contributed by atoms with Crippen LogP contribution in [0.15, 0.2) is 18.5 Å². The van der Waals surface area contributed by atoms with Crippen LogP contribution in [0.4, 0.5) is 5.69 Å². The molecule has 1 aliphatic rings. The first-order valence-electron chi connectivity index (χ1n) is 6.56. The number of nitrogens with two attached hydrogens (primary N) is 1. The molecule has 3 nitrogen and oxygen atoms in total. The molecule has 0 aliphatic heterocycles. The van der Waals surface area contributed by atoms with Gasteiger partial charge in [-0.05, 0) is 30.4 Å². The molecule has 0 aromatic carbocycles. The Kier molecular flexibility index (Phi) is 3.67. The molecule has 0 radical (unpaired) electrons. The Balaban J connectivity index is 2.18. The number of nitrogen functional groups attached to an aromatic ring is 1. The van der Waals surface area contributed by atoms with Gasteiger partial charge >= 0.3 is 0 Å². The highest BCUT2D eigenvalue weighted by Gasteiger charge is 2.38. The summed E-state index contributed by atoms with van der Waals surface area (Å²) in [6.45, 7) is 2.16. The van der Waals surface area contributed by atoms with Crippen molar-refractivity contribution in [1.82, 2.24) is 4.98 Å². The summed E-state index contributed by atoms with van der Waals surface area (Å²) in [5, 5.41) is 10.8. The summed E-state index contributed by atoms with van der Waals surface area (Å²) in [6.07, 6.45) is 9.54. The Morgan fingerprint density at radius 2 is 2.35 bits per heavy atom. The van der Waals surface area contributed by atoms with Crippen molar-refractivity contribution in [1.29, 1.82) is 0 Å². The van der Waals surface area contributed by atoms with Crippen LogP contribution in [-0.2, 0) is 6.42 Å². The number of hydrogen-bond donors (Lipinski definition) is 2. The lowest BCUT2D eigenvalue weighted by atomic mass is 9.71. The molecule has 2 atom stereocenters. The number of anilines is 1. The van der Waals surface area contributed by atoms with Crippen LogP contribution in [0.5, 0.6) is 0 Å². The molecule has 1 fully saturated rings. The number of rotatable bonds is 3. The molecule has 2 unspecified atom stereocenters. The smallest absolute Gasteiger partial charge is 0.0717 e. The van der Waals surface area contributed by atoms with Gasteiger partial charge in [-0.3, -0.25) is 4.98 Å². The van der Waals surface area contributed by atoms with E-state index in [9.17, 15) is 5.11 Å². The predicted octanol–water partition coefficient (Wildman–Crippen LogP) is 2.54. The Hall–Kier alpha value is -1.09. The van der Waals surface area contributed by atoms with Gasteiger partial charge in [0.2, 0.25) is 0 Å². The second-order valence-corrected chi connectivity index (χ2v) is 5.21. The number of pyridine rings is 1. The third-order valence-electron chi connectivity index (χ3n) is 4.10. The SMILES string of the molecule is CCC1CCCCC1(O)Cc1cnccc1N. The van der Waals surface area contributed by atoms with E-state index < -0.39 is 5.60 Å². The Bertz CT molecular complexity index is 380. The van der Waals surface area contributed by atoms with E-state index in [1.54, 1.807) is 12.4 Å². The fraction of sp³-hybridized carbons (Fsp3) is 0.643. The number of hydrogen-bond acceptors (Lipinski definition) is 3. The van der Waals surface area contributed by atoms with Crippen LogP contribution >= 0.6 is 0 Å². The normalized spacial score (nSPS) is 29.2. The number of nitrogens with zero attached hydrogens (tertiary/aromatic N) is 1. The minimum Gasteiger partial charge on any atom is -0.398 e. The highest BCUT2D eigenvalue weighted by molar-refractivity contribution is 5.45. The quantitative estimate of drug-likeness (QED) is 0.845. The van der Waals surface area contributed by atoms with E-state index in [0.29, 0.717) is 12.3 Å². The zero-order valence-corrected chi connectivity index (χ0v) is 10.5. The van der Waals surface area contributed by atoms with Gasteiger partial charge in [0.25, 0.3) is 0 Å². The molecule has 3 heteroatoms. The van der Waals surface area contributed by atoms with Gasteiger partial charge in [0.15, 0.2) is 0 Å². The lowest BCUT2D eigenvalue weighted by molar-refractivity contribution is -0.0490. The second kappa shape index (κ2) is 5.05. The van der Waals surface area contributed by atoms with Crippen LogP contribution in [-0.4, -0.2) is 15.7 Å². The second-order valence-electron chi connectivity index (χ2n) is 5.21. The zero-order valence-electron chi connectivity index (χ0n) is 10.5. The molecule has 0 spiro atoms. The molecule has 1 aliphatic carbocycles. The Morgan fingerprint density at radius 1 is 1.53 bits per heavy atom. The average Bonchev–Trinajstić information content (AvgIpc) is 2.32. The van der Waals surface area contributed by atoms with E-state index in [1.807, 2.05) is 6.07 Å². The maximum absolute atomic E-state index is 10.8. The summed E-state index contributed by atoms with van der Waals surface area (Å²) in [5.41, 5.74) is 7.08. The lowest BCUT2D eigenvalue weighted by Crippen LogP contribution is -2.42. The van der Waals surface area contributed by atoms with Crippen LogP contribution in [0.25, 0.3) is 0 Å². The van der Waals surface area contributed by atoms with E-state index >= 15 is 0 Å². The molecule has 1 heterocycles. The molecule has 0 amide bonds. The van der Waals surface area contributed by atoms with Gasteiger partial charge in [0.1, 0.15) is 0 Å². The molecule has 1 aromatic rings. The average molecular weight is 234 g/mol. The fourth-order valence-electron chi connectivity index (χ4n) is 3.03. The van der Waals surface area contributed by atoms with Crippen molar-refractivity contribution in [2.24, 2.45) is 5.92 Å². The highest BCUT2D eigenvalue weighted by Crippen LogP contribution is 2.38. The first-order chi connectivity index (χ1) is 8.15. The molecule has 17 heavy (non-hydrogen) atoms. The summed E-state index contributed by atoms with van der Waals surface area (Å²) in [5.74, 6) is 0.399. The highest BCUT2D eigenvalue weighted by atomic mass is 16.3. The molecule has 2 rings (SSSR count). The van der Waals surface area contributed by atoms with E-state index in [1.165, 1.54) is 6.42 Å². The van der Waals surface area contributed by atoms with Gasteiger partial charge < -0.3 is 10.8 Å². The van der Waals surface area contributed by atoms with Crippen LogP contribution in [0.3, 0.4) is 0 Å². The molecule has 3 N–H and O–H groups in total. The van der Waals surface area contributed by atoms with Crippen molar-refractivity contribution in [3.05, 3.63) is 24.0 Å². The monoisotopic (exact) mass is 234 g/mol. The molecule has 0 saturated heterocycles. The first-order valence-corrected chi connectivity index (χ1v) is 6.56. The minimum absolute atomic E-state index is 0.399. The van der Waals surface area contributed by atoms with E-state index in [0.717, 1.165) is 36.9 Å². The number of aliphatic hydroxyl groups is 1. The van der Waals surface area contributed by atoms with Crippen molar-refractivity contribution in [3.8, 4) is 0 Å². The zero-order chi connectivity index (χ0) is 12.3. The summed E-state index contributed by atoms with van der Waals surface area (Å²) >= 11 is 0. The van der Waals surface area contributed by atoms with Crippen molar-refractivity contribution in [2.75, 3.05) is 5.73 Å².